The minimum absolute atomic E-state index is 0.296. The second-order valence-corrected chi connectivity index (χ2v) is 4.94. The molecule has 0 radical (unpaired) electrons. The Morgan fingerprint density at radius 3 is 2.48 bits per heavy atom. The Morgan fingerprint density at radius 1 is 1.17 bits per heavy atom. The average molecular weight is 320 g/mol. The van der Waals surface area contributed by atoms with E-state index in [1.807, 2.05) is 0 Å². The number of ether oxygens (including phenoxy) is 1. The SMILES string of the molecule is Cn1cc(C=O)c2c(-c3ccc(OC(F)(F)F)cc3)ccnc21. The van der Waals surface area contributed by atoms with Crippen LogP contribution in [0, 0.1) is 0 Å². The van der Waals surface area contributed by atoms with Crippen LogP contribution in [0.3, 0.4) is 0 Å². The fourth-order valence-corrected chi connectivity index (χ4v) is 2.50. The van der Waals surface area contributed by atoms with E-state index < -0.39 is 6.36 Å². The van der Waals surface area contributed by atoms with Crippen molar-refractivity contribution in [2.45, 2.75) is 6.36 Å². The molecule has 0 saturated heterocycles. The molecule has 0 aliphatic heterocycles. The Labute approximate surface area is 129 Å². The first kappa shape index (κ1) is 15.1. The van der Waals surface area contributed by atoms with Crippen LogP contribution in [0.25, 0.3) is 22.2 Å². The van der Waals surface area contributed by atoms with Crippen molar-refractivity contribution in [1.29, 1.82) is 0 Å². The molecule has 3 rings (SSSR count). The summed E-state index contributed by atoms with van der Waals surface area (Å²) in [4.78, 5) is 15.5. The first-order valence-electron chi connectivity index (χ1n) is 6.64. The first-order chi connectivity index (χ1) is 10.9. The zero-order valence-electron chi connectivity index (χ0n) is 12.0. The molecular weight excluding hydrogens is 309 g/mol. The van der Waals surface area contributed by atoms with Crippen LogP contribution in [0.2, 0.25) is 0 Å². The van der Waals surface area contributed by atoms with E-state index in [0.29, 0.717) is 22.2 Å². The molecule has 0 aliphatic carbocycles. The van der Waals surface area contributed by atoms with E-state index in [1.54, 1.807) is 30.1 Å². The topological polar surface area (TPSA) is 44.1 Å². The lowest BCUT2D eigenvalue weighted by Gasteiger charge is -2.10. The van der Waals surface area contributed by atoms with Gasteiger partial charge in [-0.05, 0) is 29.3 Å². The van der Waals surface area contributed by atoms with Gasteiger partial charge in [0.1, 0.15) is 11.4 Å². The maximum atomic E-state index is 12.2. The summed E-state index contributed by atoms with van der Waals surface area (Å²) >= 11 is 0. The third-order valence-electron chi connectivity index (χ3n) is 3.41. The summed E-state index contributed by atoms with van der Waals surface area (Å²) in [5.41, 5.74) is 2.49. The lowest BCUT2D eigenvalue weighted by molar-refractivity contribution is -0.274. The molecule has 1 aromatic carbocycles. The van der Waals surface area contributed by atoms with Crippen molar-refractivity contribution in [3.05, 3.63) is 48.3 Å². The van der Waals surface area contributed by atoms with Gasteiger partial charge in [-0.3, -0.25) is 4.79 Å². The van der Waals surface area contributed by atoms with Crippen molar-refractivity contribution in [2.75, 3.05) is 0 Å². The van der Waals surface area contributed by atoms with Gasteiger partial charge < -0.3 is 9.30 Å². The number of aldehydes is 1. The van der Waals surface area contributed by atoms with Gasteiger partial charge >= 0.3 is 6.36 Å². The number of alkyl halides is 3. The highest BCUT2D eigenvalue weighted by atomic mass is 19.4. The Hall–Kier alpha value is -2.83. The molecule has 2 heterocycles. The van der Waals surface area contributed by atoms with Gasteiger partial charge in [-0.15, -0.1) is 13.2 Å². The van der Waals surface area contributed by atoms with Crippen molar-refractivity contribution >= 4 is 17.3 Å². The van der Waals surface area contributed by atoms with Gasteiger partial charge in [0.25, 0.3) is 0 Å². The van der Waals surface area contributed by atoms with Crippen molar-refractivity contribution in [3.63, 3.8) is 0 Å². The van der Waals surface area contributed by atoms with Gasteiger partial charge in [-0.25, -0.2) is 4.98 Å². The standard InChI is InChI=1S/C16H11F3N2O2/c1-21-8-11(9-22)14-13(6-7-20-15(14)21)10-2-4-12(5-3-10)23-16(17,18)19/h2-9H,1H3. The largest absolute Gasteiger partial charge is 0.573 e. The molecule has 7 heteroatoms. The third kappa shape index (κ3) is 2.90. The molecule has 118 valence electrons. The quantitative estimate of drug-likeness (QED) is 0.686. The predicted molar refractivity (Wildman–Crippen MR) is 78.2 cm³/mol. The fourth-order valence-electron chi connectivity index (χ4n) is 2.50. The normalized spacial score (nSPS) is 11.7. The van der Waals surface area contributed by atoms with Crippen LogP contribution in [0.4, 0.5) is 13.2 Å². The molecule has 0 fully saturated rings. The van der Waals surface area contributed by atoms with Gasteiger partial charge in [0.05, 0.1) is 0 Å². The van der Waals surface area contributed by atoms with Crippen molar-refractivity contribution in [2.24, 2.45) is 7.05 Å². The summed E-state index contributed by atoms with van der Waals surface area (Å²) in [6.45, 7) is 0. The Morgan fingerprint density at radius 2 is 1.87 bits per heavy atom. The van der Waals surface area contributed by atoms with Gasteiger partial charge in [-0.2, -0.15) is 0 Å². The van der Waals surface area contributed by atoms with Crippen molar-refractivity contribution in [1.82, 2.24) is 9.55 Å². The molecule has 2 aromatic heterocycles. The van der Waals surface area contributed by atoms with E-state index in [4.69, 9.17) is 0 Å². The molecule has 4 nitrogen and oxygen atoms in total. The molecule has 0 unspecified atom stereocenters. The monoisotopic (exact) mass is 320 g/mol. The van der Waals surface area contributed by atoms with Crippen LogP contribution >= 0.6 is 0 Å². The minimum atomic E-state index is -4.73. The second-order valence-electron chi connectivity index (χ2n) is 4.94. The lowest BCUT2D eigenvalue weighted by atomic mass is 10.0. The van der Waals surface area contributed by atoms with Crippen LogP contribution in [0.5, 0.6) is 5.75 Å². The van der Waals surface area contributed by atoms with Crippen LogP contribution < -0.4 is 4.74 Å². The number of carbonyl (C=O) groups excluding carboxylic acids is 1. The number of fused-ring (bicyclic) bond motifs is 1. The molecule has 0 N–H and O–H groups in total. The smallest absolute Gasteiger partial charge is 0.406 e. The predicted octanol–water partition coefficient (Wildman–Crippen LogP) is 3.95. The Bertz CT molecular complexity index is 867. The summed E-state index contributed by atoms with van der Waals surface area (Å²) < 4.78 is 42.2. The van der Waals surface area contributed by atoms with Crippen LogP contribution in [0.1, 0.15) is 10.4 Å². The maximum absolute atomic E-state index is 12.2. The summed E-state index contributed by atoms with van der Waals surface area (Å²) in [7, 11) is 1.77. The molecule has 0 amide bonds. The first-order valence-corrected chi connectivity index (χ1v) is 6.64. The molecule has 0 spiro atoms. The molecule has 0 saturated carbocycles. The van der Waals surface area contributed by atoms with E-state index >= 15 is 0 Å². The molecule has 23 heavy (non-hydrogen) atoms. The number of hydrogen-bond donors (Lipinski definition) is 0. The highest BCUT2D eigenvalue weighted by Crippen LogP contribution is 2.32. The van der Waals surface area contributed by atoms with Gasteiger partial charge in [-0.1, -0.05) is 12.1 Å². The highest BCUT2D eigenvalue weighted by Gasteiger charge is 2.31. The Kier molecular flexibility index (Phi) is 3.55. The number of benzene rings is 1. The van der Waals surface area contributed by atoms with Crippen molar-refractivity contribution in [3.8, 4) is 16.9 Å². The van der Waals surface area contributed by atoms with Crippen LogP contribution in [0.15, 0.2) is 42.7 Å². The fraction of sp³-hybridized carbons (Fsp3) is 0.125. The van der Waals surface area contributed by atoms with Gasteiger partial charge in [0.15, 0.2) is 6.29 Å². The number of rotatable bonds is 3. The lowest BCUT2D eigenvalue weighted by Crippen LogP contribution is -2.16. The number of pyridine rings is 1. The number of hydrogen-bond acceptors (Lipinski definition) is 3. The number of nitrogens with zero attached hydrogens (tertiary/aromatic N) is 2. The molecule has 0 bridgehead atoms. The number of aryl methyl sites for hydroxylation is 1. The second kappa shape index (κ2) is 5.42. The van der Waals surface area contributed by atoms with E-state index in [0.717, 1.165) is 11.8 Å². The molecule has 3 aromatic rings. The van der Waals surface area contributed by atoms with Crippen LogP contribution in [-0.4, -0.2) is 22.2 Å². The number of halogens is 3. The summed E-state index contributed by atoms with van der Waals surface area (Å²) in [5, 5.41) is 0.662. The van der Waals surface area contributed by atoms with E-state index in [-0.39, 0.29) is 5.75 Å². The van der Waals surface area contributed by atoms with Gasteiger partial charge in [0.2, 0.25) is 0 Å². The van der Waals surface area contributed by atoms with Crippen LogP contribution in [-0.2, 0) is 7.05 Å². The molecule has 0 aliphatic rings. The van der Waals surface area contributed by atoms with E-state index in [2.05, 4.69) is 9.72 Å². The number of aromatic nitrogens is 2. The summed E-state index contributed by atoms with van der Waals surface area (Å²) in [6.07, 6.45) is -0.744. The van der Waals surface area contributed by atoms with Crippen molar-refractivity contribution < 1.29 is 22.7 Å². The summed E-state index contributed by atoms with van der Waals surface area (Å²) in [6, 6.07) is 7.21. The molecular formula is C16H11F3N2O2. The minimum Gasteiger partial charge on any atom is -0.406 e. The van der Waals surface area contributed by atoms with Gasteiger partial charge in [0, 0.05) is 30.4 Å². The van der Waals surface area contributed by atoms with E-state index in [9.17, 15) is 18.0 Å². The highest BCUT2D eigenvalue weighted by molar-refractivity contribution is 6.04. The van der Waals surface area contributed by atoms with E-state index in [1.165, 1.54) is 24.3 Å². The summed E-state index contributed by atoms with van der Waals surface area (Å²) in [5.74, 6) is -0.296. The zero-order chi connectivity index (χ0) is 16.6. The molecule has 0 atom stereocenters. The average Bonchev–Trinajstić information content (AvgIpc) is 2.83. The zero-order valence-corrected chi connectivity index (χ0v) is 12.0. The third-order valence-corrected chi connectivity index (χ3v) is 3.41. The maximum Gasteiger partial charge on any atom is 0.573 e. The Balaban J connectivity index is 2.08. The number of carbonyl (C=O) groups is 1.